The topological polar surface area (TPSA) is 58.4 Å². The minimum Gasteiger partial charge on any atom is -0.389 e. The van der Waals surface area contributed by atoms with Gasteiger partial charge in [0, 0.05) is 37.5 Å². The standard InChI is InChI=1S/C25H30FN3O2/c1-17-18(2)23(14-28(5)16-25(3,4)31)21(15-30)12-20(17)11-19-7-8-22(13-24(19)26)29-10-6-9-27-29/h6-10,12-13,15,31H,11,14,16H2,1-5H3. The van der Waals surface area contributed by atoms with Gasteiger partial charge in [-0.3, -0.25) is 9.69 Å². The fraction of sp³-hybridized carbons (Fsp3) is 0.360. The Bertz CT molecular complexity index is 1070. The van der Waals surface area contributed by atoms with E-state index in [0.29, 0.717) is 36.3 Å². The van der Waals surface area contributed by atoms with Gasteiger partial charge in [0.05, 0.1) is 11.3 Å². The van der Waals surface area contributed by atoms with Crippen molar-refractivity contribution in [2.75, 3.05) is 13.6 Å². The van der Waals surface area contributed by atoms with E-state index < -0.39 is 5.60 Å². The number of aromatic nitrogens is 2. The van der Waals surface area contributed by atoms with E-state index in [1.54, 1.807) is 43.1 Å². The summed E-state index contributed by atoms with van der Waals surface area (Å²) in [6, 6.07) is 8.74. The number of nitrogens with zero attached hydrogens (tertiary/aromatic N) is 3. The smallest absolute Gasteiger partial charge is 0.150 e. The van der Waals surface area contributed by atoms with Crippen LogP contribution < -0.4 is 0 Å². The molecule has 0 atom stereocenters. The third-order valence-corrected chi connectivity index (χ3v) is 5.57. The molecule has 5 nitrogen and oxygen atoms in total. The van der Waals surface area contributed by atoms with Gasteiger partial charge in [0.25, 0.3) is 0 Å². The molecule has 0 aliphatic rings. The van der Waals surface area contributed by atoms with Crippen molar-refractivity contribution >= 4 is 6.29 Å². The van der Waals surface area contributed by atoms with Gasteiger partial charge in [0.2, 0.25) is 0 Å². The lowest BCUT2D eigenvalue weighted by molar-refractivity contribution is 0.0424. The van der Waals surface area contributed by atoms with E-state index in [-0.39, 0.29) is 5.82 Å². The van der Waals surface area contributed by atoms with Crippen molar-refractivity contribution < 1.29 is 14.3 Å². The van der Waals surface area contributed by atoms with Gasteiger partial charge in [-0.25, -0.2) is 9.07 Å². The molecular formula is C25H30FN3O2. The summed E-state index contributed by atoms with van der Waals surface area (Å²) in [6.07, 6.45) is 4.68. The van der Waals surface area contributed by atoms with Gasteiger partial charge in [-0.1, -0.05) is 6.07 Å². The van der Waals surface area contributed by atoms with Crippen LogP contribution in [0.25, 0.3) is 5.69 Å². The molecule has 2 aromatic carbocycles. The number of rotatable bonds is 8. The Labute approximate surface area is 183 Å². The summed E-state index contributed by atoms with van der Waals surface area (Å²) in [5.41, 5.74) is 4.97. The van der Waals surface area contributed by atoms with Crippen LogP contribution in [-0.4, -0.2) is 45.3 Å². The first-order valence-corrected chi connectivity index (χ1v) is 10.4. The van der Waals surface area contributed by atoms with Gasteiger partial charge >= 0.3 is 0 Å². The maximum atomic E-state index is 14.8. The monoisotopic (exact) mass is 423 g/mol. The summed E-state index contributed by atoms with van der Waals surface area (Å²) in [5, 5.41) is 14.2. The predicted octanol–water partition coefficient (Wildman–Crippen LogP) is 4.23. The molecule has 1 heterocycles. The average Bonchev–Trinajstić information content (AvgIpc) is 3.22. The molecule has 3 aromatic rings. The zero-order chi connectivity index (χ0) is 22.8. The Balaban J connectivity index is 1.89. The number of aldehydes is 1. The number of carbonyl (C=O) groups excluding carboxylic acids is 1. The summed E-state index contributed by atoms with van der Waals surface area (Å²) in [6.45, 7) is 8.57. The van der Waals surface area contributed by atoms with Gasteiger partial charge in [-0.2, -0.15) is 5.10 Å². The molecule has 0 spiro atoms. The molecule has 0 radical (unpaired) electrons. The highest BCUT2D eigenvalue weighted by Crippen LogP contribution is 2.26. The van der Waals surface area contributed by atoms with Crippen LogP contribution in [0.15, 0.2) is 42.7 Å². The van der Waals surface area contributed by atoms with Gasteiger partial charge in [-0.05, 0) is 86.8 Å². The number of hydrogen-bond acceptors (Lipinski definition) is 4. The van der Waals surface area contributed by atoms with Crippen molar-refractivity contribution in [1.82, 2.24) is 14.7 Å². The van der Waals surface area contributed by atoms with E-state index >= 15 is 0 Å². The van der Waals surface area contributed by atoms with Gasteiger partial charge in [-0.15, -0.1) is 0 Å². The normalized spacial score (nSPS) is 11.9. The summed E-state index contributed by atoms with van der Waals surface area (Å²) in [5.74, 6) is -0.299. The molecule has 1 aromatic heterocycles. The quantitative estimate of drug-likeness (QED) is 0.551. The molecule has 0 fully saturated rings. The molecule has 31 heavy (non-hydrogen) atoms. The van der Waals surface area contributed by atoms with Crippen molar-refractivity contribution in [1.29, 1.82) is 0 Å². The third kappa shape index (κ3) is 5.46. The first-order valence-electron chi connectivity index (χ1n) is 10.4. The van der Waals surface area contributed by atoms with Crippen molar-refractivity contribution in [2.45, 2.75) is 46.3 Å². The Morgan fingerprint density at radius 2 is 1.94 bits per heavy atom. The molecule has 0 aliphatic carbocycles. The minimum absolute atomic E-state index is 0.299. The van der Waals surface area contributed by atoms with Crippen LogP contribution in [0.3, 0.4) is 0 Å². The Kier molecular flexibility index (Phi) is 6.72. The molecule has 0 unspecified atom stereocenters. The van der Waals surface area contributed by atoms with Crippen LogP contribution in [0, 0.1) is 19.7 Å². The van der Waals surface area contributed by atoms with Gasteiger partial charge in [0.15, 0.2) is 0 Å². The summed E-state index contributed by atoms with van der Waals surface area (Å²) in [7, 11) is 1.92. The summed E-state index contributed by atoms with van der Waals surface area (Å²) < 4.78 is 16.4. The van der Waals surface area contributed by atoms with Crippen LogP contribution in [-0.2, 0) is 13.0 Å². The maximum Gasteiger partial charge on any atom is 0.150 e. The molecule has 0 aliphatic heterocycles. The van der Waals surface area contributed by atoms with E-state index in [0.717, 1.165) is 28.5 Å². The van der Waals surface area contributed by atoms with Gasteiger partial charge in [0.1, 0.15) is 12.1 Å². The summed E-state index contributed by atoms with van der Waals surface area (Å²) >= 11 is 0. The van der Waals surface area contributed by atoms with Crippen molar-refractivity contribution in [3.63, 3.8) is 0 Å². The second-order valence-electron chi connectivity index (χ2n) is 8.86. The molecule has 3 rings (SSSR count). The fourth-order valence-corrected chi connectivity index (χ4v) is 4.00. The second kappa shape index (κ2) is 9.12. The molecule has 6 heteroatoms. The van der Waals surface area contributed by atoms with Gasteiger partial charge < -0.3 is 5.11 Å². The second-order valence-corrected chi connectivity index (χ2v) is 8.86. The lowest BCUT2D eigenvalue weighted by Gasteiger charge is -2.27. The number of aliphatic hydroxyl groups is 1. The fourth-order valence-electron chi connectivity index (χ4n) is 4.00. The molecule has 0 saturated carbocycles. The number of benzene rings is 2. The van der Waals surface area contributed by atoms with E-state index in [2.05, 4.69) is 5.10 Å². The van der Waals surface area contributed by atoms with Crippen molar-refractivity contribution in [3.05, 3.63) is 81.9 Å². The first kappa shape index (κ1) is 22.8. The minimum atomic E-state index is -0.821. The number of halogens is 1. The Hall–Kier alpha value is -2.83. The maximum absolute atomic E-state index is 14.8. The van der Waals surface area contributed by atoms with E-state index in [9.17, 15) is 14.3 Å². The first-order chi connectivity index (χ1) is 14.6. The van der Waals surface area contributed by atoms with Crippen LogP contribution in [0.5, 0.6) is 0 Å². The number of carbonyl (C=O) groups is 1. The van der Waals surface area contributed by atoms with E-state index in [1.165, 1.54) is 6.07 Å². The zero-order valence-electron chi connectivity index (χ0n) is 18.8. The van der Waals surface area contributed by atoms with Crippen molar-refractivity contribution in [2.24, 2.45) is 0 Å². The number of hydrogen-bond donors (Lipinski definition) is 1. The Morgan fingerprint density at radius 3 is 2.52 bits per heavy atom. The largest absolute Gasteiger partial charge is 0.389 e. The SMILES string of the molecule is Cc1c(Cc2ccc(-n3cccn3)cc2F)cc(C=O)c(CN(C)CC(C)(C)O)c1C. The molecule has 164 valence electrons. The third-order valence-electron chi connectivity index (χ3n) is 5.57. The molecule has 0 bridgehead atoms. The summed E-state index contributed by atoms with van der Waals surface area (Å²) in [4.78, 5) is 13.9. The lowest BCUT2D eigenvalue weighted by Crippen LogP contribution is -2.36. The van der Waals surface area contributed by atoms with Crippen molar-refractivity contribution in [3.8, 4) is 5.69 Å². The highest BCUT2D eigenvalue weighted by Gasteiger charge is 2.19. The van der Waals surface area contributed by atoms with E-state index in [4.69, 9.17) is 0 Å². The Morgan fingerprint density at radius 1 is 1.19 bits per heavy atom. The molecule has 1 N–H and O–H groups in total. The molecule has 0 amide bonds. The predicted molar refractivity (Wildman–Crippen MR) is 120 cm³/mol. The van der Waals surface area contributed by atoms with Crippen LogP contribution in [0.2, 0.25) is 0 Å². The lowest BCUT2D eigenvalue weighted by atomic mass is 9.90. The highest BCUT2D eigenvalue weighted by atomic mass is 19.1. The highest BCUT2D eigenvalue weighted by molar-refractivity contribution is 5.79. The molecular weight excluding hydrogens is 393 g/mol. The molecule has 0 saturated heterocycles. The number of likely N-dealkylation sites (N-methyl/N-ethyl adjacent to an activating group) is 1. The average molecular weight is 424 g/mol. The van der Waals surface area contributed by atoms with Crippen LogP contribution in [0.4, 0.5) is 4.39 Å². The van der Waals surface area contributed by atoms with E-state index in [1.807, 2.05) is 37.9 Å². The van der Waals surface area contributed by atoms with Crippen LogP contribution in [0.1, 0.15) is 52.0 Å². The zero-order valence-corrected chi connectivity index (χ0v) is 18.8. The van der Waals surface area contributed by atoms with Crippen LogP contribution >= 0.6 is 0 Å².